The minimum absolute atomic E-state index is 0.0318. The maximum absolute atomic E-state index is 13.6. The van der Waals surface area contributed by atoms with Gasteiger partial charge in [-0.05, 0) is 25.5 Å². The first-order valence-corrected chi connectivity index (χ1v) is 7.80. The fourth-order valence-electron chi connectivity index (χ4n) is 2.31. The van der Waals surface area contributed by atoms with Gasteiger partial charge in [-0.1, -0.05) is 13.8 Å². The summed E-state index contributed by atoms with van der Waals surface area (Å²) in [6.45, 7) is 4.95. The molecular weight excluding hydrogens is 283 g/mol. The minimum Gasteiger partial charge on any atom is -0.399 e. The van der Waals surface area contributed by atoms with E-state index < -0.39 is 27.4 Å². The molecule has 20 heavy (non-hydrogen) atoms. The monoisotopic (exact) mass is 302 g/mol. The molecule has 2 atom stereocenters. The Bertz CT molecular complexity index is 643. The Kier molecular flexibility index (Phi) is 3.56. The second-order valence-corrected chi connectivity index (χ2v) is 7.56. The molecule has 1 saturated carbocycles. The van der Waals surface area contributed by atoms with E-state index in [4.69, 9.17) is 5.73 Å². The molecule has 0 spiro atoms. The number of rotatable bonds is 3. The fourth-order valence-corrected chi connectivity index (χ4v) is 4.00. The molecule has 0 saturated heterocycles. The van der Waals surface area contributed by atoms with E-state index in [1.54, 1.807) is 13.8 Å². The highest BCUT2D eigenvalue weighted by Crippen LogP contribution is 2.41. The zero-order valence-corrected chi connectivity index (χ0v) is 12.5. The molecule has 1 aliphatic rings. The van der Waals surface area contributed by atoms with Crippen molar-refractivity contribution in [2.45, 2.75) is 44.2 Å². The van der Waals surface area contributed by atoms with Crippen LogP contribution in [-0.4, -0.2) is 25.7 Å². The summed E-state index contributed by atoms with van der Waals surface area (Å²) in [4.78, 5) is -0.160. The maximum Gasteiger partial charge on any atom is 0.241 e. The maximum atomic E-state index is 13.6. The Labute approximate surface area is 118 Å². The summed E-state index contributed by atoms with van der Waals surface area (Å²) in [5.41, 5.74) is 5.05. The fraction of sp³-hybridized carbons (Fsp3) is 0.538. The zero-order chi connectivity index (χ0) is 15.3. The molecule has 0 aromatic heterocycles. The van der Waals surface area contributed by atoms with Crippen molar-refractivity contribution < 1.29 is 17.9 Å². The molecule has 4 N–H and O–H groups in total. The van der Waals surface area contributed by atoms with Gasteiger partial charge in [0.1, 0.15) is 5.82 Å². The van der Waals surface area contributed by atoms with Gasteiger partial charge in [-0.25, -0.2) is 17.5 Å². The van der Waals surface area contributed by atoms with Crippen LogP contribution >= 0.6 is 0 Å². The van der Waals surface area contributed by atoms with Crippen LogP contribution < -0.4 is 10.5 Å². The van der Waals surface area contributed by atoms with Crippen LogP contribution in [0, 0.1) is 18.2 Å². The van der Waals surface area contributed by atoms with Gasteiger partial charge >= 0.3 is 0 Å². The molecule has 112 valence electrons. The topological polar surface area (TPSA) is 92.4 Å². The van der Waals surface area contributed by atoms with Crippen molar-refractivity contribution in [2.24, 2.45) is 5.41 Å². The first-order valence-electron chi connectivity index (χ1n) is 6.31. The van der Waals surface area contributed by atoms with E-state index in [9.17, 15) is 17.9 Å². The van der Waals surface area contributed by atoms with Crippen molar-refractivity contribution in [1.29, 1.82) is 0 Å². The highest BCUT2D eigenvalue weighted by Gasteiger charge is 2.49. The van der Waals surface area contributed by atoms with Crippen molar-refractivity contribution >= 4 is 15.7 Å². The van der Waals surface area contributed by atoms with Gasteiger partial charge in [0.15, 0.2) is 0 Å². The van der Waals surface area contributed by atoms with E-state index in [1.165, 1.54) is 13.0 Å². The molecule has 2 rings (SSSR count). The number of sulfonamides is 1. The van der Waals surface area contributed by atoms with Crippen LogP contribution in [0.3, 0.4) is 0 Å². The number of nitrogens with two attached hydrogens (primary N) is 1. The summed E-state index contributed by atoms with van der Waals surface area (Å²) in [7, 11) is -3.87. The second kappa shape index (κ2) is 4.68. The average Bonchev–Trinajstić information content (AvgIpc) is 2.33. The van der Waals surface area contributed by atoms with E-state index in [2.05, 4.69) is 4.72 Å². The predicted octanol–water partition coefficient (Wildman–Crippen LogP) is 1.15. The van der Waals surface area contributed by atoms with E-state index >= 15 is 0 Å². The highest BCUT2D eigenvalue weighted by molar-refractivity contribution is 7.89. The molecular formula is C13H19FN2O3S. The first-order chi connectivity index (χ1) is 9.05. The third-order valence-electron chi connectivity index (χ3n) is 4.12. The third kappa shape index (κ3) is 2.41. The van der Waals surface area contributed by atoms with E-state index in [-0.39, 0.29) is 22.2 Å². The molecule has 0 heterocycles. The van der Waals surface area contributed by atoms with Crippen molar-refractivity contribution in [2.75, 3.05) is 5.73 Å². The van der Waals surface area contributed by atoms with Crippen LogP contribution in [0.5, 0.6) is 0 Å². The standard InChI is InChI=1S/C13H19FN2O3S/c1-7-9(14)4-8(15)5-10(7)20(18,19)16-11-6-12(17)13(11,2)3/h4-5,11-12,16-17H,6,15H2,1-3H3. The van der Waals surface area contributed by atoms with Crippen LogP contribution in [0.4, 0.5) is 10.1 Å². The Morgan fingerprint density at radius 1 is 1.45 bits per heavy atom. The number of aliphatic hydroxyl groups is 1. The summed E-state index contributed by atoms with van der Waals surface area (Å²) in [5, 5.41) is 9.64. The van der Waals surface area contributed by atoms with Crippen LogP contribution in [0.25, 0.3) is 0 Å². The van der Waals surface area contributed by atoms with Gasteiger partial charge in [0.05, 0.1) is 11.0 Å². The lowest BCUT2D eigenvalue weighted by Crippen LogP contribution is -2.61. The molecule has 5 nitrogen and oxygen atoms in total. The number of aliphatic hydroxyl groups excluding tert-OH is 1. The number of nitrogens with one attached hydrogen (secondary N) is 1. The molecule has 2 unspecified atom stereocenters. The molecule has 0 radical (unpaired) electrons. The summed E-state index contributed by atoms with van der Waals surface area (Å²) >= 11 is 0. The Balaban J connectivity index is 2.33. The lowest BCUT2D eigenvalue weighted by molar-refractivity contribution is -0.0645. The number of nitrogen functional groups attached to an aromatic ring is 1. The molecule has 0 aliphatic heterocycles. The highest BCUT2D eigenvalue weighted by atomic mass is 32.2. The van der Waals surface area contributed by atoms with Gasteiger partial charge in [-0.3, -0.25) is 0 Å². The normalized spacial score (nSPS) is 25.2. The lowest BCUT2D eigenvalue weighted by Gasteiger charge is -2.49. The largest absolute Gasteiger partial charge is 0.399 e. The first kappa shape index (κ1) is 15.2. The van der Waals surface area contributed by atoms with Crippen LogP contribution in [0.15, 0.2) is 17.0 Å². The summed E-state index contributed by atoms with van der Waals surface area (Å²) in [6.07, 6.45) is -0.204. The molecule has 1 fully saturated rings. The smallest absolute Gasteiger partial charge is 0.241 e. The van der Waals surface area contributed by atoms with Crippen LogP contribution in [0.1, 0.15) is 25.8 Å². The summed E-state index contributed by atoms with van der Waals surface area (Å²) < 4.78 is 40.8. The third-order valence-corrected chi connectivity index (χ3v) is 5.72. The van der Waals surface area contributed by atoms with Gasteiger partial charge in [-0.2, -0.15) is 0 Å². The van der Waals surface area contributed by atoms with E-state index in [0.29, 0.717) is 6.42 Å². The van der Waals surface area contributed by atoms with Crippen LogP contribution in [-0.2, 0) is 10.0 Å². The molecule has 7 heteroatoms. The minimum atomic E-state index is -3.87. The molecule has 1 aromatic carbocycles. The second-order valence-electron chi connectivity index (χ2n) is 5.87. The number of hydrogen-bond donors (Lipinski definition) is 3. The average molecular weight is 302 g/mol. The molecule has 0 amide bonds. The van der Waals surface area contributed by atoms with Gasteiger partial charge < -0.3 is 10.8 Å². The van der Waals surface area contributed by atoms with Crippen molar-refractivity contribution in [3.05, 3.63) is 23.5 Å². The van der Waals surface area contributed by atoms with Crippen molar-refractivity contribution in [3.8, 4) is 0 Å². The van der Waals surface area contributed by atoms with Gasteiger partial charge in [0.2, 0.25) is 10.0 Å². The predicted molar refractivity (Wildman–Crippen MR) is 74.1 cm³/mol. The summed E-state index contributed by atoms with van der Waals surface area (Å²) in [6, 6.07) is 1.94. The Morgan fingerprint density at radius 2 is 2.05 bits per heavy atom. The van der Waals surface area contributed by atoms with Gasteiger partial charge in [0, 0.05) is 22.7 Å². The van der Waals surface area contributed by atoms with E-state index in [1.807, 2.05) is 0 Å². The Hall–Kier alpha value is -1.18. The van der Waals surface area contributed by atoms with E-state index in [0.717, 1.165) is 6.07 Å². The molecule has 0 bridgehead atoms. The van der Waals surface area contributed by atoms with Crippen molar-refractivity contribution in [1.82, 2.24) is 4.72 Å². The lowest BCUT2D eigenvalue weighted by atomic mass is 9.65. The zero-order valence-electron chi connectivity index (χ0n) is 11.6. The molecule has 1 aliphatic carbocycles. The number of halogens is 1. The van der Waals surface area contributed by atoms with Crippen LogP contribution in [0.2, 0.25) is 0 Å². The number of benzene rings is 1. The summed E-state index contributed by atoms with van der Waals surface area (Å²) in [5.74, 6) is -0.654. The Morgan fingerprint density at radius 3 is 2.55 bits per heavy atom. The quantitative estimate of drug-likeness (QED) is 0.730. The van der Waals surface area contributed by atoms with Gasteiger partial charge in [-0.15, -0.1) is 0 Å². The molecule has 1 aromatic rings. The number of hydrogen-bond acceptors (Lipinski definition) is 4. The van der Waals surface area contributed by atoms with Gasteiger partial charge in [0.25, 0.3) is 0 Å². The SMILES string of the molecule is Cc1c(F)cc(N)cc1S(=O)(=O)NC1CC(O)C1(C)C. The van der Waals surface area contributed by atoms with Crippen molar-refractivity contribution in [3.63, 3.8) is 0 Å². The number of anilines is 1.